The van der Waals surface area contributed by atoms with Crippen molar-refractivity contribution in [2.75, 3.05) is 0 Å². The number of nitrogens with zero attached hydrogens (tertiary/aromatic N) is 3. The first-order valence-electron chi connectivity index (χ1n) is 25.0. The largest absolute Gasteiger partial charge is 0 e. The molecule has 0 saturated heterocycles. The molecule has 3 heterocycles. The van der Waals surface area contributed by atoms with Crippen LogP contribution >= 0.6 is 11.3 Å². The molecule has 0 bridgehead atoms. The number of hydrogen-bond donors (Lipinski definition) is 0. The van der Waals surface area contributed by atoms with Gasteiger partial charge >= 0.3 is 149 Å². The molecule has 0 aliphatic rings. The zero-order valence-corrected chi connectivity index (χ0v) is 44.5. The Bertz CT molecular complexity index is 3610. The molecule has 7 aromatic carbocycles. The molecule has 10 rings (SSSR count). The van der Waals surface area contributed by atoms with E-state index in [1.165, 1.54) is 64.6 Å². The monoisotopic (exact) mass is 1130 g/mol. The van der Waals surface area contributed by atoms with Gasteiger partial charge in [-0.3, -0.25) is 4.98 Å². The van der Waals surface area contributed by atoms with E-state index in [-0.39, 0.29) is 36.9 Å². The molecule has 0 spiro atoms. The van der Waals surface area contributed by atoms with E-state index in [4.69, 9.17) is 11.8 Å². The molecule has 0 atom stereocenters. The minimum Gasteiger partial charge on any atom is 0 e. The summed E-state index contributed by atoms with van der Waals surface area (Å²) < 4.78 is 60.3. The van der Waals surface area contributed by atoms with E-state index in [1.807, 2.05) is 32.1 Å². The molecule has 0 aliphatic carbocycles. The van der Waals surface area contributed by atoms with Crippen LogP contribution in [0.5, 0.6) is 0 Å². The second kappa shape index (κ2) is 18.6. The molecule has 3 nitrogen and oxygen atoms in total. The molecule has 10 aromatic rings. The summed E-state index contributed by atoms with van der Waals surface area (Å²) in [6, 6.07) is 47.9. The molecule has 0 unspecified atom stereocenters. The van der Waals surface area contributed by atoms with E-state index >= 15 is 0 Å². The summed E-state index contributed by atoms with van der Waals surface area (Å²) in [5, 5.41) is 7.71. The average Bonchev–Trinajstić information content (AvgIpc) is 3.87. The summed E-state index contributed by atoms with van der Waals surface area (Å²) in [4.78, 5) is 9.65. The minimum absolute atomic E-state index is 0. The third-order valence-corrected chi connectivity index (χ3v) is 17.3. The number of aromatic nitrogens is 3. The van der Waals surface area contributed by atoms with Crippen molar-refractivity contribution in [2.24, 2.45) is 5.41 Å². The fourth-order valence-corrected chi connectivity index (χ4v) is 12.9. The Morgan fingerprint density at radius 1 is 0.758 bits per heavy atom. The van der Waals surface area contributed by atoms with Crippen LogP contribution in [0, 0.1) is 30.2 Å². The number of hydrogen-bond acceptors (Lipinski definition) is 3. The Morgan fingerprint density at radius 2 is 1.45 bits per heavy atom. The number of para-hydroxylation sites is 3. The summed E-state index contributed by atoms with van der Waals surface area (Å²) >= 11 is -0.620. The van der Waals surface area contributed by atoms with Gasteiger partial charge in [-0.2, -0.15) is 11.3 Å². The molecule has 0 saturated carbocycles. The Balaban J connectivity index is 0.000000205. The van der Waals surface area contributed by atoms with E-state index in [9.17, 15) is 4.39 Å². The van der Waals surface area contributed by atoms with Crippen molar-refractivity contribution in [3.05, 3.63) is 168 Å². The van der Waals surface area contributed by atoms with Crippen LogP contribution < -0.4 is 4.40 Å². The van der Waals surface area contributed by atoms with Crippen molar-refractivity contribution in [3.8, 4) is 28.3 Å². The smallest absolute Gasteiger partial charge is 0 e. The molecule has 7 heteroatoms. The molecule has 0 aliphatic heterocycles. The Labute approximate surface area is 417 Å². The zero-order chi connectivity index (χ0) is 50.2. The van der Waals surface area contributed by atoms with Gasteiger partial charge in [0.05, 0.1) is 16.9 Å². The van der Waals surface area contributed by atoms with Gasteiger partial charge in [-0.25, -0.2) is 0 Å². The number of benzene rings is 7. The number of halogens is 1. The van der Waals surface area contributed by atoms with Crippen LogP contribution in [0.1, 0.15) is 89.4 Å². The molecule has 337 valence electrons. The average molecular weight is 1130 g/mol. The maximum Gasteiger partial charge on any atom is 0 e. The quantitative estimate of drug-likeness (QED) is 0.0905. The van der Waals surface area contributed by atoms with E-state index in [2.05, 4.69) is 170 Å². The van der Waals surface area contributed by atoms with Crippen molar-refractivity contribution < 1.29 is 31.3 Å². The van der Waals surface area contributed by atoms with Crippen molar-refractivity contribution >= 4 is 81.7 Å². The second-order valence-electron chi connectivity index (χ2n) is 19.8. The minimum atomic E-state index is -2.47. The van der Waals surface area contributed by atoms with Crippen molar-refractivity contribution in [1.29, 1.82) is 0 Å². The number of rotatable bonds is 7. The summed E-state index contributed by atoms with van der Waals surface area (Å²) in [6.07, 6.45) is 0.0207. The Hall–Kier alpha value is -4.98. The molecular formula is C59H58FGeIrN3S-2. The third-order valence-electron chi connectivity index (χ3n) is 12.0. The summed E-state index contributed by atoms with van der Waals surface area (Å²) in [7, 11) is 0. The summed E-state index contributed by atoms with van der Waals surface area (Å²) in [5.41, 5.74) is 7.13. The molecule has 1 radical (unpaired) electrons. The normalized spacial score (nSPS) is 13.7. The first-order chi connectivity index (χ1) is 32.9. The fraction of sp³-hybridized carbons (Fsp3) is 0.254. The van der Waals surface area contributed by atoms with Gasteiger partial charge in [0.2, 0.25) is 0 Å². The molecular weight excluding hydrogens is 1070 g/mol. The van der Waals surface area contributed by atoms with Gasteiger partial charge in [0.15, 0.2) is 0 Å². The first kappa shape index (κ1) is 41.2. The summed E-state index contributed by atoms with van der Waals surface area (Å²) in [5.74, 6) is 7.46. The fourth-order valence-electron chi connectivity index (χ4n) is 8.92. The van der Waals surface area contributed by atoms with Gasteiger partial charge < -0.3 is 4.57 Å². The number of aryl methyl sites for hydroxylation is 1. The SMILES string of the molecule is CC(C)c1cccc(C(C)C)c1-n1c(-c2[c-]cc3sc4cc5ccc6ccccc6c5cc4c3c2)nc2ccccc21.[2H]C([2H])([2H])c1c[c-]c(-c2cc(C([2H])([2H])C(C)(C)C)[c]([Ge]([CH3])([CH3])[CH3])cn2)c(F)c1.[Ir]. The number of imidazole rings is 1. The number of fused-ring (bicyclic) bond motifs is 7. The van der Waals surface area contributed by atoms with Crippen LogP contribution in [0.25, 0.3) is 81.1 Å². The molecule has 3 aromatic heterocycles. The van der Waals surface area contributed by atoms with Crippen molar-refractivity contribution in [3.63, 3.8) is 0 Å². The Morgan fingerprint density at radius 3 is 2.15 bits per heavy atom. The maximum absolute atomic E-state index is 14.7. The molecule has 0 fully saturated rings. The van der Waals surface area contributed by atoms with Gasteiger partial charge in [-0.05, 0) is 78.9 Å². The predicted molar refractivity (Wildman–Crippen MR) is 281 cm³/mol. The first-order valence-corrected chi connectivity index (χ1v) is 30.6. The van der Waals surface area contributed by atoms with Crippen LogP contribution in [-0.2, 0) is 26.5 Å². The molecule has 0 N–H and O–H groups in total. The van der Waals surface area contributed by atoms with Gasteiger partial charge in [-0.1, -0.05) is 99.8 Å². The van der Waals surface area contributed by atoms with Crippen LogP contribution in [0.15, 0.2) is 128 Å². The Kier molecular flexibility index (Phi) is 11.6. The van der Waals surface area contributed by atoms with Crippen LogP contribution in [0.2, 0.25) is 17.3 Å². The van der Waals surface area contributed by atoms with Gasteiger partial charge in [0.25, 0.3) is 0 Å². The third kappa shape index (κ3) is 9.32. The van der Waals surface area contributed by atoms with Gasteiger partial charge in [-0.15, -0.1) is 23.8 Å². The standard InChI is InChI=1S/C39H31N2S.C20H27FGeN.Ir/c1-23(2)28-12-9-13-29(24(3)4)38(28)41-35-15-8-7-14-34(35)40-39(41)27-18-19-36-32(20-27)33-22-31-26(21-37(33)42-36)17-16-25-10-5-6-11-30(25)31;1-14-8-9-16(17(21)10-14)19-11-15(12-20(2,3)4)18(13-23-19)22(5,6)7;/h5-17,19-24H,1-4H3;8,10-11,13H,12H2,1-7H3;/q2*-1;/i;1D3,12D2;. The van der Waals surface area contributed by atoms with Gasteiger partial charge in [0, 0.05) is 30.5 Å². The summed E-state index contributed by atoms with van der Waals surface area (Å²) in [6.45, 7) is 12.2. The number of thiophene rings is 1. The van der Waals surface area contributed by atoms with Crippen molar-refractivity contribution in [2.45, 2.75) is 90.8 Å². The van der Waals surface area contributed by atoms with Crippen molar-refractivity contribution in [1.82, 2.24) is 14.5 Å². The zero-order valence-electron chi connectivity index (χ0n) is 44.2. The topological polar surface area (TPSA) is 30.7 Å². The predicted octanol–water partition coefficient (Wildman–Crippen LogP) is 16.5. The van der Waals surface area contributed by atoms with E-state index in [0.717, 1.165) is 32.9 Å². The van der Waals surface area contributed by atoms with Crippen LogP contribution in [-0.4, -0.2) is 27.8 Å². The molecule has 66 heavy (non-hydrogen) atoms. The molecule has 0 amide bonds. The maximum atomic E-state index is 14.7. The van der Waals surface area contributed by atoms with Gasteiger partial charge in [0.1, 0.15) is 0 Å². The van der Waals surface area contributed by atoms with Crippen LogP contribution in [0.4, 0.5) is 4.39 Å². The van der Waals surface area contributed by atoms with E-state index < -0.39 is 37.7 Å². The van der Waals surface area contributed by atoms with E-state index in [0.29, 0.717) is 17.4 Å². The number of pyridine rings is 1. The van der Waals surface area contributed by atoms with E-state index in [1.54, 1.807) is 12.3 Å². The second-order valence-corrected chi connectivity index (χ2v) is 31.4. The van der Waals surface area contributed by atoms with Crippen LogP contribution in [0.3, 0.4) is 0 Å².